The number of allylic oxidation sites excluding steroid dienone is 1. The number of unbranched alkanes of at least 4 members (excludes halogenated alkanes) is 1. The molecule has 174 valence electrons. The summed E-state index contributed by atoms with van der Waals surface area (Å²) in [5.41, 5.74) is 12.5. The third-order valence-corrected chi connectivity index (χ3v) is 6.80. The molecule has 1 fully saturated rings. The Morgan fingerprint density at radius 3 is 2.50 bits per heavy atom. The zero-order valence-electron chi connectivity index (χ0n) is 19.6. The van der Waals surface area contributed by atoms with E-state index in [1.807, 2.05) is 24.3 Å². The Morgan fingerprint density at radius 2 is 1.82 bits per heavy atom. The Bertz CT molecular complexity index is 1280. The Morgan fingerprint density at radius 1 is 1.09 bits per heavy atom. The number of nitriles is 1. The molecular weight excluding hydrogens is 442 g/mol. The molecule has 0 saturated carbocycles. The van der Waals surface area contributed by atoms with Crippen LogP contribution in [0.15, 0.2) is 61.3 Å². The molecule has 6 heteroatoms. The van der Waals surface area contributed by atoms with Gasteiger partial charge in [-0.05, 0) is 42.7 Å². The highest BCUT2D eigenvalue weighted by Crippen LogP contribution is 2.32. The maximum absolute atomic E-state index is 9.15. The molecule has 0 amide bonds. The molecule has 0 aliphatic carbocycles. The van der Waals surface area contributed by atoms with E-state index in [4.69, 9.17) is 27.6 Å². The summed E-state index contributed by atoms with van der Waals surface area (Å²) < 4.78 is 0. The van der Waals surface area contributed by atoms with Gasteiger partial charge in [0.05, 0.1) is 27.5 Å². The van der Waals surface area contributed by atoms with E-state index in [0.29, 0.717) is 16.3 Å². The number of hydrogen-bond donors (Lipinski definition) is 1. The van der Waals surface area contributed by atoms with Crippen molar-refractivity contribution in [3.63, 3.8) is 0 Å². The van der Waals surface area contributed by atoms with E-state index < -0.39 is 0 Å². The minimum absolute atomic E-state index is 0.427. The maximum atomic E-state index is 9.15. The summed E-state index contributed by atoms with van der Waals surface area (Å²) in [6, 6.07) is 15.4. The number of rotatable bonds is 7. The fraction of sp³-hybridized carbons (Fsp3) is 0.286. The van der Waals surface area contributed by atoms with Crippen LogP contribution < -0.4 is 5.73 Å². The molecule has 34 heavy (non-hydrogen) atoms. The van der Waals surface area contributed by atoms with Crippen LogP contribution in [0, 0.1) is 11.3 Å². The molecule has 3 aromatic rings. The SMILES string of the molecule is C=C(CCCC)N1CCN(C(=C)c2ccc3c(Cl)cc(-c4ccc(C#N)c(N)c4)nc3c2)CC1. The molecule has 1 saturated heterocycles. The first-order valence-corrected chi connectivity index (χ1v) is 12.1. The van der Waals surface area contributed by atoms with E-state index in [-0.39, 0.29) is 0 Å². The largest absolute Gasteiger partial charge is 0.398 e. The molecule has 5 nitrogen and oxygen atoms in total. The second-order valence-electron chi connectivity index (χ2n) is 8.73. The van der Waals surface area contributed by atoms with E-state index in [1.54, 1.807) is 12.1 Å². The van der Waals surface area contributed by atoms with Gasteiger partial charge in [-0.2, -0.15) is 5.26 Å². The lowest BCUT2D eigenvalue weighted by molar-refractivity contribution is 0.209. The van der Waals surface area contributed by atoms with Crippen molar-refractivity contribution in [1.82, 2.24) is 14.8 Å². The fourth-order valence-electron chi connectivity index (χ4n) is 4.35. The third kappa shape index (κ3) is 4.88. The summed E-state index contributed by atoms with van der Waals surface area (Å²) in [7, 11) is 0. The monoisotopic (exact) mass is 471 g/mol. The average Bonchev–Trinajstić information content (AvgIpc) is 2.86. The van der Waals surface area contributed by atoms with Gasteiger partial charge in [-0.1, -0.05) is 56.3 Å². The molecule has 0 radical (unpaired) electrons. The summed E-state index contributed by atoms with van der Waals surface area (Å²) in [6.07, 6.45) is 3.45. The summed E-state index contributed by atoms with van der Waals surface area (Å²) in [4.78, 5) is 9.58. The zero-order chi connectivity index (χ0) is 24.2. The van der Waals surface area contributed by atoms with Crippen LogP contribution >= 0.6 is 11.6 Å². The van der Waals surface area contributed by atoms with Crippen molar-refractivity contribution in [2.24, 2.45) is 0 Å². The van der Waals surface area contributed by atoms with Crippen LogP contribution in [0.1, 0.15) is 37.3 Å². The van der Waals surface area contributed by atoms with E-state index in [9.17, 15) is 0 Å². The van der Waals surface area contributed by atoms with Crippen LogP contribution in [-0.4, -0.2) is 41.0 Å². The number of aromatic nitrogens is 1. The predicted molar refractivity (Wildman–Crippen MR) is 142 cm³/mol. The molecule has 1 aliphatic rings. The summed E-state index contributed by atoms with van der Waals surface area (Å²) in [6.45, 7) is 14.6. The van der Waals surface area contributed by atoms with Gasteiger partial charge in [0.15, 0.2) is 0 Å². The Hall–Kier alpha value is -3.49. The standard InChI is InChI=1S/C28H30ClN5/c1-4-5-6-19(2)33-11-13-34(14-12-33)20(3)21-9-10-24-25(29)17-27(32-28(24)16-21)22-7-8-23(18-30)26(31)15-22/h7-10,15-17H,2-6,11-14,31H2,1H3. The Balaban J connectivity index is 1.55. The molecule has 2 N–H and O–H groups in total. The lowest BCUT2D eigenvalue weighted by atomic mass is 10.0. The lowest BCUT2D eigenvalue weighted by Gasteiger charge is -2.39. The normalized spacial score (nSPS) is 13.7. The topological polar surface area (TPSA) is 69.2 Å². The number of halogens is 1. The van der Waals surface area contributed by atoms with E-state index in [2.05, 4.69) is 42.0 Å². The van der Waals surface area contributed by atoms with Crippen molar-refractivity contribution in [2.45, 2.75) is 26.2 Å². The second-order valence-corrected chi connectivity index (χ2v) is 9.13. The van der Waals surface area contributed by atoms with Gasteiger partial charge < -0.3 is 15.5 Å². The smallest absolute Gasteiger partial charge is 0.101 e. The van der Waals surface area contributed by atoms with Crippen LogP contribution in [0.2, 0.25) is 5.02 Å². The first-order chi connectivity index (χ1) is 16.4. The minimum Gasteiger partial charge on any atom is -0.398 e. The number of pyridine rings is 1. The Kier molecular flexibility index (Phi) is 7.09. The summed E-state index contributed by atoms with van der Waals surface area (Å²) >= 11 is 6.60. The molecule has 1 aromatic heterocycles. The predicted octanol–water partition coefficient (Wildman–Crippen LogP) is 6.30. The number of anilines is 1. The van der Waals surface area contributed by atoms with Crippen molar-refractivity contribution in [1.29, 1.82) is 5.26 Å². The molecule has 0 spiro atoms. The van der Waals surface area contributed by atoms with Crippen molar-refractivity contribution in [3.8, 4) is 17.3 Å². The number of fused-ring (bicyclic) bond motifs is 1. The van der Waals surface area contributed by atoms with Crippen molar-refractivity contribution in [3.05, 3.63) is 77.5 Å². The maximum Gasteiger partial charge on any atom is 0.101 e. The first-order valence-electron chi connectivity index (χ1n) is 11.7. The van der Waals surface area contributed by atoms with Crippen LogP contribution in [0.25, 0.3) is 27.9 Å². The van der Waals surface area contributed by atoms with Gasteiger partial charge in [0.25, 0.3) is 0 Å². The van der Waals surface area contributed by atoms with Gasteiger partial charge in [0.2, 0.25) is 0 Å². The van der Waals surface area contributed by atoms with Crippen LogP contribution in [0.3, 0.4) is 0 Å². The number of hydrogen-bond acceptors (Lipinski definition) is 5. The number of nitrogens with zero attached hydrogens (tertiary/aromatic N) is 4. The van der Waals surface area contributed by atoms with Crippen LogP contribution in [0.4, 0.5) is 5.69 Å². The van der Waals surface area contributed by atoms with Crippen LogP contribution in [-0.2, 0) is 0 Å². The number of nitrogen functional groups attached to an aromatic ring is 1. The summed E-state index contributed by atoms with van der Waals surface area (Å²) in [5, 5.41) is 10.7. The van der Waals surface area contributed by atoms with E-state index in [1.165, 1.54) is 18.5 Å². The molecule has 0 atom stereocenters. The quantitative estimate of drug-likeness (QED) is 0.409. The molecule has 4 rings (SSSR count). The number of nitrogens with two attached hydrogens (primary N) is 1. The van der Waals surface area contributed by atoms with Gasteiger partial charge in [-0.15, -0.1) is 0 Å². The highest BCUT2D eigenvalue weighted by molar-refractivity contribution is 6.35. The fourth-order valence-corrected chi connectivity index (χ4v) is 4.61. The molecule has 0 unspecified atom stereocenters. The Labute approximate surface area is 206 Å². The van der Waals surface area contributed by atoms with Gasteiger partial charge >= 0.3 is 0 Å². The lowest BCUT2D eigenvalue weighted by Crippen LogP contribution is -2.44. The number of benzene rings is 2. The average molecular weight is 472 g/mol. The highest BCUT2D eigenvalue weighted by Gasteiger charge is 2.20. The van der Waals surface area contributed by atoms with Gasteiger partial charge in [-0.3, -0.25) is 0 Å². The molecule has 2 aromatic carbocycles. The highest BCUT2D eigenvalue weighted by atomic mass is 35.5. The van der Waals surface area contributed by atoms with Crippen molar-refractivity contribution < 1.29 is 0 Å². The molecule has 1 aliphatic heterocycles. The minimum atomic E-state index is 0.427. The van der Waals surface area contributed by atoms with E-state index >= 15 is 0 Å². The van der Waals surface area contributed by atoms with Crippen molar-refractivity contribution >= 4 is 33.9 Å². The molecule has 2 heterocycles. The van der Waals surface area contributed by atoms with Gasteiger partial charge in [0, 0.05) is 48.5 Å². The molecule has 0 bridgehead atoms. The third-order valence-electron chi connectivity index (χ3n) is 6.49. The van der Waals surface area contributed by atoms with Gasteiger partial charge in [-0.25, -0.2) is 4.98 Å². The number of piperazine rings is 1. The second kappa shape index (κ2) is 10.2. The van der Waals surface area contributed by atoms with Crippen LogP contribution in [0.5, 0.6) is 0 Å². The zero-order valence-corrected chi connectivity index (χ0v) is 20.4. The summed E-state index contributed by atoms with van der Waals surface area (Å²) in [5.74, 6) is 0. The first kappa shape index (κ1) is 23.7. The van der Waals surface area contributed by atoms with Gasteiger partial charge in [0.1, 0.15) is 6.07 Å². The van der Waals surface area contributed by atoms with E-state index in [0.717, 1.165) is 66.0 Å². The molecular formula is C28H30ClN5. The van der Waals surface area contributed by atoms with Crippen molar-refractivity contribution in [2.75, 3.05) is 31.9 Å².